The fraction of sp³-hybridized carbons (Fsp3) is 0.333. The van der Waals surface area contributed by atoms with Crippen molar-refractivity contribution in [2.24, 2.45) is 11.7 Å². The van der Waals surface area contributed by atoms with E-state index in [1.807, 2.05) is 84.9 Å². The summed E-state index contributed by atoms with van der Waals surface area (Å²) in [6.07, 6.45) is 1.05. The number of amides is 4. The average molecular weight is 608 g/mol. The van der Waals surface area contributed by atoms with Gasteiger partial charge in [0.05, 0.1) is 6.54 Å². The second-order valence-electron chi connectivity index (χ2n) is 12.3. The van der Waals surface area contributed by atoms with Gasteiger partial charge in [0.25, 0.3) is 0 Å². The summed E-state index contributed by atoms with van der Waals surface area (Å²) in [5.74, 6) is -2.22. The molecule has 9 heteroatoms. The summed E-state index contributed by atoms with van der Waals surface area (Å²) in [5, 5.41) is 6.85. The lowest BCUT2D eigenvalue weighted by Gasteiger charge is -2.38. The molecule has 0 fully saturated rings. The van der Waals surface area contributed by atoms with Crippen LogP contribution in [0, 0.1) is 5.92 Å². The van der Waals surface area contributed by atoms with Crippen molar-refractivity contribution in [3.05, 3.63) is 107 Å². The number of aromatic amines is 1. The minimum absolute atomic E-state index is 0.160. The number of hydrogen-bond donors (Lipinski definition) is 4. The molecular weight excluding hydrogens is 566 g/mol. The van der Waals surface area contributed by atoms with Crippen LogP contribution in [0.15, 0.2) is 84.9 Å². The van der Waals surface area contributed by atoms with Gasteiger partial charge in [0.2, 0.25) is 23.6 Å². The van der Waals surface area contributed by atoms with E-state index in [1.54, 1.807) is 13.8 Å². The molecule has 1 aliphatic carbocycles. The molecule has 45 heavy (non-hydrogen) atoms. The molecule has 1 aromatic heterocycles. The molecule has 2 atom stereocenters. The standard InChI is InChI=1S/C36H41N5O4/c1-23(2)33(34(37)44)39-35(45)36(19-18-31-28(20-36)27-16-10-11-17-30(27)38-31)40-32(43)22-41(24(3)42)21-29(25-12-6-4-7-13-25)26-14-8-5-9-15-26/h4-17,23,29,33,38H,18-22H2,1-3H3,(H2,37,44)(H,39,45)(H,40,43)/t33-,36+/m0/s1. The summed E-state index contributed by atoms with van der Waals surface area (Å²) in [6, 6.07) is 26.7. The van der Waals surface area contributed by atoms with Gasteiger partial charge in [0.15, 0.2) is 0 Å². The Hall–Kier alpha value is -4.92. The smallest absolute Gasteiger partial charge is 0.246 e. The molecule has 1 aliphatic rings. The molecule has 0 aliphatic heterocycles. The van der Waals surface area contributed by atoms with E-state index in [2.05, 4.69) is 15.6 Å². The number of H-pyrrole nitrogens is 1. The molecule has 5 rings (SSSR count). The second-order valence-corrected chi connectivity index (χ2v) is 12.3. The monoisotopic (exact) mass is 607 g/mol. The highest BCUT2D eigenvalue weighted by Crippen LogP contribution is 2.35. The van der Waals surface area contributed by atoms with Crippen LogP contribution in [0.2, 0.25) is 0 Å². The fourth-order valence-corrected chi connectivity index (χ4v) is 6.38. The molecule has 0 unspecified atom stereocenters. The minimum Gasteiger partial charge on any atom is -0.368 e. The van der Waals surface area contributed by atoms with E-state index in [4.69, 9.17) is 5.73 Å². The van der Waals surface area contributed by atoms with Crippen molar-refractivity contribution >= 4 is 34.5 Å². The highest BCUT2D eigenvalue weighted by atomic mass is 16.2. The lowest BCUT2D eigenvalue weighted by atomic mass is 9.78. The minimum atomic E-state index is -1.35. The van der Waals surface area contributed by atoms with Gasteiger partial charge in [0, 0.05) is 42.4 Å². The maximum atomic E-state index is 14.1. The number of carbonyl (C=O) groups is 4. The molecular formula is C36H41N5O4. The zero-order valence-corrected chi connectivity index (χ0v) is 26.0. The van der Waals surface area contributed by atoms with Crippen LogP contribution in [0.5, 0.6) is 0 Å². The van der Waals surface area contributed by atoms with Crippen molar-refractivity contribution in [1.82, 2.24) is 20.5 Å². The van der Waals surface area contributed by atoms with E-state index in [9.17, 15) is 19.2 Å². The first-order valence-corrected chi connectivity index (χ1v) is 15.4. The summed E-state index contributed by atoms with van der Waals surface area (Å²) in [7, 11) is 0. The summed E-state index contributed by atoms with van der Waals surface area (Å²) in [4.78, 5) is 58.1. The first-order valence-electron chi connectivity index (χ1n) is 15.4. The number of primary amides is 1. The number of para-hydroxylation sites is 1. The molecule has 3 aromatic carbocycles. The van der Waals surface area contributed by atoms with Crippen LogP contribution in [0.1, 0.15) is 55.5 Å². The van der Waals surface area contributed by atoms with Crippen LogP contribution in [0.4, 0.5) is 0 Å². The predicted octanol–water partition coefficient (Wildman–Crippen LogP) is 3.82. The summed E-state index contributed by atoms with van der Waals surface area (Å²) < 4.78 is 0. The number of nitrogens with one attached hydrogen (secondary N) is 3. The number of hydrogen-bond acceptors (Lipinski definition) is 4. The van der Waals surface area contributed by atoms with Crippen molar-refractivity contribution in [3.63, 3.8) is 0 Å². The molecule has 0 saturated carbocycles. The van der Waals surface area contributed by atoms with Crippen LogP contribution in [0.25, 0.3) is 10.9 Å². The number of nitrogens with zero attached hydrogens (tertiary/aromatic N) is 1. The Morgan fingerprint density at radius 2 is 1.51 bits per heavy atom. The van der Waals surface area contributed by atoms with Gasteiger partial charge in [-0.05, 0) is 41.5 Å². The predicted molar refractivity (Wildman–Crippen MR) is 174 cm³/mol. The Kier molecular flexibility index (Phi) is 9.37. The normalized spacial score (nSPS) is 16.6. The highest BCUT2D eigenvalue weighted by molar-refractivity contribution is 5.97. The van der Waals surface area contributed by atoms with Crippen molar-refractivity contribution in [1.29, 1.82) is 0 Å². The van der Waals surface area contributed by atoms with Gasteiger partial charge in [-0.1, -0.05) is 92.7 Å². The molecule has 0 radical (unpaired) electrons. The Morgan fingerprint density at radius 1 is 0.911 bits per heavy atom. The number of benzene rings is 3. The zero-order chi connectivity index (χ0) is 32.1. The third kappa shape index (κ3) is 6.93. The molecule has 0 spiro atoms. The number of rotatable bonds is 11. The summed E-state index contributed by atoms with van der Waals surface area (Å²) in [6.45, 7) is 5.10. The van der Waals surface area contributed by atoms with Crippen LogP contribution in [0.3, 0.4) is 0 Å². The summed E-state index contributed by atoms with van der Waals surface area (Å²) >= 11 is 0. The number of fused-ring (bicyclic) bond motifs is 3. The molecule has 4 aromatic rings. The number of carbonyl (C=O) groups excluding carboxylic acids is 4. The molecule has 0 bridgehead atoms. The SMILES string of the molecule is CC(=O)N(CC(=O)N[C@]1(C(=O)N[C@H](C(N)=O)C(C)C)CCc2[nH]c3ccccc3c2C1)CC(c1ccccc1)c1ccccc1. The van der Waals surface area contributed by atoms with Crippen LogP contribution < -0.4 is 16.4 Å². The first kappa shape index (κ1) is 31.5. The Bertz CT molecular complexity index is 1640. The lowest BCUT2D eigenvalue weighted by molar-refractivity contribution is -0.139. The molecule has 0 saturated heterocycles. The molecule has 5 N–H and O–H groups in total. The quantitative estimate of drug-likeness (QED) is 0.206. The van der Waals surface area contributed by atoms with Crippen molar-refractivity contribution in [2.75, 3.05) is 13.1 Å². The van der Waals surface area contributed by atoms with Crippen molar-refractivity contribution in [3.8, 4) is 0 Å². The fourth-order valence-electron chi connectivity index (χ4n) is 6.38. The number of aryl methyl sites for hydroxylation is 1. The van der Waals surface area contributed by atoms with Gasteiger partial charge in [-0.15, -0.1) is 0 Å². The number of nitrogens with two attached hydrogens (primary N) is 1. The molecule has 4 amide bonds. The van der Waals surface area contributed by atoms with E-state index in [0.717, 1.165) is 33.3 Å². The zero-order valence-electron chi connectivity index (χ0n) is 26.0. The maximum Gasteiger partial charge on any atom is 0.246 e. The van der Waals surface area contributed by atoms with E-state index in [0.29, 0.717) is 12.8 Å². The van der Waals surface area contributed by atoms with E-state index in [1.165, 1.54) is 11.8 Å². The Labute approximate surface area is 263 Å². The first-order chi connectivity index (χ1) is 21.6. The van der Waals surface area contributed by atoms with E-state index >= 15 is 0 Å². The van der Waals surface area contributed by atoms with Gasteiger partial charge >= 0.3 is 0 Å². The van der Waals surface area contributed by atoms with Crippen LogP contribution in [-0.2, 0) is 32.0 Å². The van der Waals surface area contributed by atoms with E-state index in [-0.39, 0.29) is 37.3 Å². The highest BCUT2D eigenvalue weighted by Gasteiger charge is 2.45. The van der Waals surface area contributed by atoms with E-state index < -0.39 is 29.3 Å². The van der Waals surface area contributed by atoms with Gasteiger partial charge in [-0.2, -0.15) is 0 Å². The van der Waals surface area contributed by atoms with Gasteiger partial charge in [-0.25, -0.2) is 0 Å². The number of aromatic nitrogens is 1. The van der Waals surface area contributed by atoms with Crippen molar-refractivity contribution < 1.29 is 19.2 Å². The third-order valence-corrected chi connectivity index (χ3v) is 8.84. The Balaban J connectivity index is 1.43. The molecule has 234 valence electrons. The molecule has 1 heterocycles. The van der Waals surface area contributed by atoms with Crippen LogP contribution >= 0.6 is 0 Å². The Morgan fingerprint density at radius 3 is 2.09 bits per heavy atom. The van der Waals surface area contributed by atoms with Gasteiger partial charge in [-0.3, -0.25) is 19.2 Å². The topological polar surface area (TPSA) is 137 Å². The second kappa shape index (κ2) is 13.4. The maximum absolute atomic E-state index is 14.1. The third-order valence-electron chi connectivity index (χ3n) is 8.84. The van der Waals surface area contributed by atoms with Crippen molar-refractivity contribution in [2.45, 2.75) is 57.5 Å². The summed E-state index contributed by atoms with van der Waals surface area (Å²) in [5.41, 5.74) is 9.27. The average Bonchev–Trinajstić information content (AvgIpc) is 3.39. The lowest BCUT2D eigenvalue weighted by Crippen LogP contribution is -2.65. The van der Waals surface area contributed by atoms with Gasteiger partial charge < -0.3 is 26.3 Å². The van der Waals surface area contributed by atoms with Gasteiger partial charge in [0.1, 0.15) is 11.6 Å². The van der Waals surface area contributed by atoms with Crippen LogP contribution in [-0.4, -0.2) is 58.2 Å². The largest absolute Gasteiger partial charge is 0.368 e. The molecule has 9 nitrogen and oxygen atoms in total.